The van der Waals surface area contributed by atoms with Gasteiger partial charge in [0.05, 0.1) is 10.4 Å². The lowest BCUT2D eigenvalue weighted by Gasteiger charge is -2.33. The Bertz CT molecular complexity index is 283. The molecule has 0 aliphatic rings. The number of hydrogen-bond acceptors (Lipinski definition) is 2. The highest BCUT2D eigenvalue weighted by Crippen LogP contribution is 2.24. The molecule has 0 aliphatic carbocycles. The minimum absolute atomic E-state index is 0.0283. The summed E-state index contributed by atoms with van der Waals surface area (Å²) in [5.41, 5.74) is 4.92. The third-order valence-corrected chi connectivity index (χ3v) is 3.85. The third kappa shape index (κ3) is 3.44. The molecular formula is C12H24N2OS. The minimum Gasteiger partial charge on any atom is -0.392 e. The van der Waals surface area contributed by atoms with Crippen molar-refractivity contribution in [3.63, 3.8) is 0 Å². The standard InChI is InChI=1S/C12H24N2OS/c1-7-12(6,9(13)16)10(15)14-8(2)11(3,4)5/h8H,7H2,1-6H3,(H2,13,16)(H,14,15). The molecule has 0 bridgehead atoms. The Hall–Kier alpha value is -0.640. The highest BCUT2D eigenvalue weighted by Gasteiger charge is 2.36. The zero-order valence-corrected chi connectivity index (χ0v) is 12.0. The van der Waals surface area contributed by atoms with Crippen LogP contribution in [0.5, 0.6) is 0 Å². The molecule has 0 saturated carbocycles. The van der Waals surface area contributed by atoms with Crippen molar-refractivity contribution >= 4 is 23.1 Å². The van der Waals surface area contributed by atoms with Gasteiger partial charge >= 0.3 is 0 Å². The van der Waals surface area contributed by atoms with Crippen LogP contribution in [0.2, 0.25) is 0 Å². The number of nitrogens with one attached hydrogen (secondary N) is 1. The van der Waals surface area contributed by atoms with Gasteiger partial charge in [-0.1, -0.05) is 39.9 Å². The van der Waals surface area contributed by atoms with Gasteiger partial charge in [-0.15, -0.1) is 0 Å². The van der Waals surface area contributed by atoms with E-state index in [0.29, 0.717) is 6.42 Å². The van der Waals surface area contributed by atoms with Crippen molar-refractivity contribution in [1.29, 1.82) is 0 Å². The molecule has 0 aromatic rings. The molecule has 4 heteroatoms. The second-order valence-corrected chi connectivity index (χ2v) is 6.05. The van der Waals surface area contributed by atoms with E-state index in [1.165, 1.54) is 0 Å². The molecule has 1 amide bonds. The lowest BCUT2D eigenvalue weighted by molar-refractivity contribution is -0.128. The smallest absolute Gasteiger partial charge is 0.232 e. The number of carbonyl (C=O) groups is 1. The van der Waals surface area contributed by atoms with E-state index in [-0.39, 0.29) is 22.4 Å². The number of nitrogens with two attached hydrogens (primary N) is 1. The summed E-state index contributed by atoms with van der Waals surface area (Å²) in [4.78, 5) is 12.4. The van der Waals surface area contributed by atoms with Crippen LogP contribution < -0.4 is 11.1 Å². The van der Waals surface area contributed by atoms with Gasteiger partial charge in [0.2, 0.25) is 5.91 Å². The molecule has 3 nitrogen and oxygen atoms in total. The Morgan fingerprint density at radius 2 is 1.81 bits per heavy atom. The van der Waals surface area contributed by atoms with Crippen LogP contribution in [0.4, 0.5) is 0 Å². The zero-order chi connectivity index (χ0) is 13.1. The van der Waals surface area contributed by atoms with Crippen molar-refractivity contribution in [2.45, 2.75) is 54.0 Å². The molecular weight excluding hydrogens is 220 g/mol. The predicted molar refractivity (Wildman–Crippen MR) is 72.2 cm³/mol. The molecule has 94 valence electrons. The lowest BCUT2D eigenvalue weighted by Crippen LogP contribution is -2.51. The SMILES string of the molecule is CCC(C)(C(=O)NC(C)C(C)(C)C)C(N)=S. The Labute approximate surface area is 104 Å². The maximum atomic E-state index is 12.1. The molecule has 2 atom stereocenters. The Kier molecular flexibility index (Phi) is 4.92. The summed E-state index contributed by atoms with van der Waals surface area (Å²) in [6.07, 6.45) is 0.616. The van der Waals surface area contributed by atoms with Crippen LogP contribution in [0.25, 0.3) is 0 Å². The monoisotopic (exact) mass is 244 g/mol. The van der Waals surface area contributed by atoms with E-state index in [9.17, 15) is 4.79 Å². The first kappa shape index (κ1) is 15.4. The predicted octanol–water partition coefficient (Wildman–Crippen LogP) is 2.24. The second kappa shape index (κ2) is 5.13. The van der Waals surface area contributed by atoms with Crippen LogP contribution in [-0.4, -0.2) is 16.9 Å². The van der Waals surface area contributed by atoms with Crippen molar-refractivity contribution in [1.82, 2.24) is 5.32 Å². The molecule has 0 aromatic carbocycles. The van der Waals surface area contributed by atoms with E-state index < -0.39 is 5.41 Å². The molecule has 0 radical (unpaired) electrons. The quantitative estimate of drug-likeness (QED) is 0.746. The van der Waals surface area contributed by atoms with Crippen molar-refractivity contribution < 1.29 is 4.79 Å². The van der Waals surface area contributed by atoms with Gasteiger partial charge in [0.1, 0.15) is 0 Å². The normalized spacial score (nSPS) is 17.4. The minimum atomic E-state index is -0.741. The summed E-state index contributed by atoms with van der Waals surface area (Å²) in [5.74, 6) is -0.0788. The maximum Gasteiger partial charge on any atom is 0.232 e. The van der Waals surface area contributed by atoms with Crippen molar-refractivity contribution in [3.05, 3.63) is 0 Å². The lowest BCUT2D eigenvalue weighted by atomic mass is 9.83. The fourth-order valence-electron chi connectivity index (χ4n) is 1.02. The van der Waals surface area contributed by atoms with Gasteiger partial charge in [0, 0.05) is 6.04 Å². The molecule has 0 rings (SSSR count). The van der Waals surface area contributed by atoms with Crippen LogP contribution in [0.3, 0.4) is 0 Å². The average Bonchev–Trinajstić information content (AvgIpc) is 2.14. The van der Waals surface area contributed by atoms with Gasteiger partial charge in [-0.05, 0) is 25.7 Å². The number of amides is 1. The molecule has 0 aliphatic heterocycles. The first-order valence-electron chi connectivity index (χ1n) is 5.66. The molecule has 0 saturated heterocycles. The average molecular weight is 244 g/mol. The van der Waals surface area contributed by atoms with Crippen molar-refractivity contribution in [2.75, 3.05) is 0 Å². The van der Waals surface area contributed by atoms with Gasteiger partial charge in [0.15, 0.2) is 0 Å². The van der Waals surface area contributed by atoms with Crippen LogP contribution in [0, 0.1) is 10.8 Å². The van der Waals surface area contributed by atoms with E-state index in [0.717, 1.165) is 0 Å². The van der Waals surface area contributed by atoms with E-state index >= 15 is 0 Å². The van der Waals surface area contributed by atoms with E-state index in [1.807, 2.05) is 13.8 Å². The summed E-state index contributed by atoms with van der Waals surface area (Å²) in [5, 5.41) is 2.99. The zero-order valence-electron chi connectivity index (χ0n) is 11.2. The van der Waals surface area contributed by atoms with Crippen LogP contribution in [0.1, 0.15) is 48.0 Å². The van der Waals surface area contributed by atoms with Gasteiger partial charge in [-0.3, -0.25) is 4.79 Å². The number of rotatable bonds is 4. The summed E-state index contributed by atoms with van der Waals surface area (Å²) in [6.45, 7) is 12.0. The van der Waals surface area contributed by atoms with Crippen LogP contribution >= 0.6 is 12.2 Å². The van der Waals surface area contributed by atoms with E-state index in [2.05, 4.69) is 26.1 Å². The molecule has 3 N–H and O–H groups in total. The van der Waals surface area contributed by atoms with Gasteiger partial charge < -0.3 is 11.1 Å². The topological polar surface area (TPSA) is 55.1 Å². The largest absolute Gasteiger partial charge is 0.392 e. The molecule has 16 heavy (non-hydrogen) atoms. The van der Waals surface area contributed by atoms with Crippen LogP contribution in [0.15, 0.2) is 0 Å². The Morgan fingerprint density at radius 1 is 1.38 bits per heavy atom. The first-order valence-corrected chi connectivity index (χ1v) is 6.07. The maximum absolute atomic E-state index is 12.1. The third-order valence-electron chi connectivity index (χ3n) is 3.40. The molecule has 0 spiro atoms. The molecule has 0 aromatic heterocycles. The number of carbonyl (C=O) groups excluding carboxylic acids is 1. The first-order chi connectivity index (χ1) is 7.05. The van der Waals surface area contributed by atoms with E-state index in [1.54, 1.807) is 6.92 Å². The Morgan fingerprint density at radius 3 is 2.06 bits per heavy atom. The summed E-state index contributed by atoms with van der Waals surface area (Å²) in [6, 6.07) is 0.0835. The molecule has 2 unspecified atom stereocenters. The van der Waals surface area contributed by atoms with Crippen LogP contribution in [-0.2, 0) is 4.79 Å². The van der Waals surface area contributed by atoms with Crippen molar-refractivity contribution in [3.8, 4) is 0 Å². The number of thiocarbonyl (C=S) groups is 1. The Balaban J connectivity index is 4.76. The van der Waals surface area contributed by atoms with Gasteiger partial charge in [-0.25, -0.2) is 0 Å². The molecule has 0 heterocycles. The highest BCUT2D eigenvalue weighted by molar-refractivity contribution is 7.80. The summed E-state index contributed by atoms with van der Waals surface area (Å²) in [7, 11) is 0. The highest BCUT2D eigenvalue weighted by atomic mass is 32.1. The number of hydrogen-bond donors (Lipinski definition) is 2. The summed E-state index contributed by atoms with van der Waals surface area (Å²) >= 11 is 4.97. The fourth-order valence-corrected chi connectivity index (χ4v) is 1.26. The van der Waals surface area contributed by atoms with E-state index in [4.69, 9.17) is 18.0 Å². The van der Waals surface area contributed by atoms with Gasteiger partial charge in [-0.2, -0.15) is 0 Å². The van der Waals surface area contributed by atoms with Crippen molar-refractivity contribution in [2.24, 2.45) is 16.6 Å². The van der Waals surface area contributed by atoms with Gasteiger partial charge in [0.25, 0.3) is 0 Å². The fraction of sp³-hybridized carbons (Fsp3) is 0.833. The summed E-state index contributed by atoms with van der Waals surface area (Å²) < 4.78 is 0. The second-order valence-electron chi connectivity index (χ2n) is 5.61. The molecule has 0 fully saturated rings.